The highest BCUT2D eigenvalue weighted by molar-refractivity contribution is 7.92. The van der Waals surface area contributed by atoms with Crippen LogP contribution in [0, 0.1) is 0 Å². The molecule has 1 saturated heterocycles. The van der Waals surface area contributed by atoms with Crippen LogP contribution in [0.5, 0.6) is 0 Å². The first-order chi connectivity index (χ1) is 9.16. The summed E-state index contributed by atoms with van der Waals surface area (Å²) in [6.45, 7) is 5.10. The van der Waals surface area contributed by atoms with Gasteiger partial charge < -0.3 is 5.32 Å². The Balaban J connectivity index is 1.68. The Hall–Kier alpha value is -0.910. The monoisotopic (exact) mass is 280 g/mol. The number of rotatable bonds is 4. The molecule has 0 bridgehead atoms. The average Bonchev–Trinajstić information content (AvgIpc) is 3.25. The van der Waals surface area contributed by atoms with E-state index in [1.807, 2.05) is 12.1 Å². The molecule has 0 atom stereocenters. The maximum atomic E-state index is 12.1. The molecule has 0 radical (unpaired) electrons. The zero-order valence-corrected chi connectivity index (χ0v) is 11.8. The lowest BCUT2D eigenvalue weighted by Gasteiger charge is -2.27. The van der Waals surface area contributed by atoms with Gasteiger partial charge in [0.15, 0.2) is 9.84 Å². The Labute approximate surface area is 114 Å². The van der Waals surface area contributed by atoms with Gasteiger partial charge in [-0.3, -0.25) is 4.90 Å². The summed E-state index contributed by atoms with van der Waals surface area (Å²) in [4.78, 5) is 2.88. The molecule has 4 nitrogen and oxygen atoms in total. The van der Waals surface area contributed by atoms with Gasteiger partial charge in [-0.15, -0.1) is 0 Å². The number of piperazine rings is 1. The largest absolute Gasteiger partial charge is 0.314 e. The van der Waals surface area contributed by atoms with Crippen LogP contribution < -0.4 is 5.32 Å². The third kappa shape index (κ3) is 2.99. The molecule has 0 unspecified atom stereocenters. The first-order valence-electron chi connectivity index (χ1n) is 6.92. The van der Waals surface area contributed by atoms with E-state index < -0.39 is 9.84 Å². The van der Waals surface area contributed by atoms with Crippen LogP contribution in [0.3, 0.4) is 0 Å². The summed E-state index contributed by atoms with van der Waals surface area (Å²) in [7, 11) is -3.04. The van der Waals surface area contributed by atoms with Crippen molar-refractivity contribution in [1.29, 1.82) is 0 Å². The molecule has 1 aromatic carbocycles. The molecule has 0 aromatic heterocycles. The number of hydrogen-bond acceptors (Lipinski definition) is 4. The fourth-order valence-corrected chi connectivity index (χ4v) is 4.14. The summed E-state index contributed by atoms with van der Waals surface area (Å²) >= 11 is 0. The minimum absolute atomic E-state index is 0.119. The van der Waals surface area contributed by atoms with Gasteiger partial charge in [0.2, 0.25) is 0 Å². The maximum absolute atomic E-state index is 12.1. The second kappa shape index (κ2) is 5.23. The molecule has 1 aliphatic heterocycles. The van der Waals surface area contributed by atoms with Crippen LogP contribution in [0.15, 0.2) is 29.2 Å². The molecule has 3 rings (SSSR count). The van der Waals surface area contributed by atoms with E-state index in [-0.39, 0.29) is 5.25 Å². The maximum Gasteiger partial charge on any atom is 0.181 e. The van der Waals surface area contributed by atoms with Crippen molar-refractivity contribution in [1.82, 2.24) is 10.2 Å². The average molecular weight is 280 g/mol. The van der Waals surface area contributed by atoms with E-state index >= 15 is 0 Å². The second-order valence-corrected chi connectivity index (χ2v) is 7.64. The van der Waals surface area contributed by atoms with Crippen molar-refractivity contribution in [2.45, 2.75) is 29.5 Å². The standard InChI is InChI=1S/C14H20N2O2S/c17-19(18,14-5-6-14)13-3-1-12(2-4-13)11-16-9-7-15-8-10-16/h1-4,14-15H,5-11H2. The number of sulfone groups is 1. The number of nitrogens with zero attached hydrogens (tertiary/aromatic N) is 1. The van der Waals surface area contributed by atoms with Crippen molar-refractivity contribution in [3.8, 4) is 0 Å². The molecule has 19 heavy (non-hydrogen) atoms. The van der Waals surface area contributed by atoms with Gasteiger partial charge in [0.05, 0.1) is 10.1 Å². The molecule has 2 fully saturated rings. The normalized spacial score (nSPS) is 21.5. The van der Waals surface area contributed by atoms with Crippen molar-refractivity contribution in [3.05, 3.63) is 29.8 Å². The molecule has 104 valence electrons. The highest BCUT2D eigenvalue weighted by Gasteiger charge is 2.36. The molecule has 2 aliphatic rings. The van der Waals surface area contributed by atoms with Crippen LogP contribution in [-0.2, 0) is 16.4 Å². The molecule has 1 N–H and O–H groups in total. The molecule has 1 saturated carbocycles. The van der Waals surface area contributed by atoms with Crippen molar-refractivity contribution in [2.75, 3.05) is 26.2 Å². The molecule has 1 aromatic rings. The lowest BCUT2D eigenvalue weighted by atomic mass is 10.2. The highest BCUT2D eigenvalue weighted by Crippen LogP contribution is 2.33. The van der Waals surface area contributed by atoms with Gasteiger partial charge in [-0.1, -0.05) is 12.1 Å². The topological polar surface area (TPSA) is 49.4 Å². The number of hydrogen-bond donors (Lipinski definition) is 1. The lowest BCUT2D eigenvalue weighted by Crippen LogP contribution is -2.42. The van der Waals surface area contributed by atoms with E-state index in [0.717, 1.165) is 45.6 Å². The van der Waals surface area contributed by atoms with Gasteiger partial charge in [0.1, 0.15) is 0 Å². The second-order valence-electron chi connectivity index (χ2n) is 5.41. The quantitative estimate of drug-likeness (QED) is 0.895. The molecular formula is C14H20N2O2S. The Morgan fingerprint density at radius 2 is 1.74 bits per heavy atom. The van der Waals surface area contributed by atoms with Crippen LogP contribution in [0.1, 0.15) is 18.4 Å². The molecule has 0 spiro atoms. The summed E-state index contributed by atoms with van der Waals surface area (Å²) in [5.74, 6) is 0. The van der Waals surface area contributed by atoms with Crippen LogP contribution >= 0.6 is 0 Å². The SMILES string of the molecule is O=S(=O)(c1ccc(CN2CCNCC2)cc1)C1CC1. The first-order valence-corrected chi connectivity index (χ1v) is 8.47. The van der Waals surface area contributed by atoms with Crippen molar-refractivity contribution >= 4 is 9.84 Å². The number of benzene rings is 1. The molecule has 5 heteroatoms. The molecule has 1 aliphatic carbocycles. The van der Waals surface area contributed by atoms with Crippen molar-refractivity contribution in [3.63, 3.8) is 0 Å². The summed E-state index contributed by atoms with van der Waals surface area (Å²) in [5, 5.41) is 3.21. The summed E-state index contributed by atoms with van der Waals surface area (Å²) < 4.78 is 24.2. The third-order valence-corrected chi connectivity index (χ3v) is 6.11. The van der Waals surface area contributed by atoms with Gasteiger partial charge in [0, 0.05) is 32.7 Å². The smallest absolute Gasteiger partial charge is 0.181 e. The Morgan fingerprint density at radius 1 is 1.11 bits per heavy atom. The predicted octanol–water partition coefficient (Wildman–Crippen LogP) is 1.03. The van der Waals surface area contributed by atoms with Gasteiger partial charge >= 0.3 is 0 Å². The third-order valence-electron chi connectivity index (χ3n) is 3.83. The lowest BCUT2D eigenvalue weighted by molar-refractivity contribution is 0.233. The Bertz CT molecular complexity index is 529. The molecule has 1 heterocycles. The summed E-state index contributed by atoms with van der Waals surface area (Å²) in [6, 6.07) is 7.45. The Kier molecular flexibility index (Phi) is 3.60. The van der Waals surface area contributed by atoms with Crippen LogP contribution in [-0.4, -0.2) is 44.7 Å². The Morgan fingerprint density at radius 3 is 2.32 bits per heavy atom. The van der Waals surface area contributed by atoms with E-state index in [2.05, 4.69) is 10.2 Å². The van der Waals surface area contributed by atoms with Gasteiger partial charge in [0.25, 0.3) is 0 Å². The summed E-state index contributed by atoms with van der Waals surface area (Å²) in [5.41, 5.74) is 1.19. The van der Waals surface area contributed by atoms with E-state index in [9.17, 15) is 8.42 Å². The van der Waals surface area contributed by atoms with E-state index in [1.165, 1.54) is 5.56 Å². The van der Waals surface area contributed by atoms with Gasteiger partial charge in [-0.25, -0.2) is 8.42 Å². The fraction of sp³-hybridized carbons (Fsp3) is 0.571. The van der Waals surface area contributed by atoms with Crippen LogP contribution in [0.4, 0.5) is 0 Å². The fourth-order valence-electron chi connectivity index (χ4n) is 2.48. The van der Waals surface area contributed by atoms with Gasteiger partial charge in [-0.05, 0) is 30.5 Å². The van der Waals surface area contributed by atoms with E-state index in [4.69, 9.17) is 0 Å². The zero-order chi connectivity index (χ0) is 13.3. The van der Waals surface area contributed by atoms with Crippen molar-refractivity contribution in [2.24, 2.45) is 0 Å². The minimum atomic E-state index is -3.04. The number of nitrogens with one attached hydrogen (secondary N) is 1. The predicted molar refractivity (Wildman–Crippen MR) is 74.8 cm³/mol. The zero-order valence-electron chi connectivity index (χ0n) is 11.0. The van der Waals surface area contributed by atoms with Gasteiger partial charge in [-0.2, -0.15) is 0 Å². The minimum Gasteiger partial charge on any atom is -0.314 e. The highest BCUT2D eigenvalue weighted by atomic mass is 32.2. The summed E-state index contributed by atoms with van der Waals surface area (Å²) in [6.07, 6.45) is 1.65. The van der Waals surface area contributed by atoms with Crippen LogP contribution in [0.2, 0.25) is 0 Å². The molecule has 0 amide bonds. The first kappa shape index (κ1) is 13.1. The van der Waals surface area contributed by atoms with E-state index in [1.54, 1.807) is 12.1 Å². The van der Waals surface area contributed by atoms with Crippen LogP contribution in [0.25, 0.3) is 0 Å². The van der Waals surface area contributed by atoms with Crippen molar-refractivity contribution < 1.29 is 8.42 Å². The molecular weight excluding hydrogens is 260 g/mol. The van der Waals surface area contributed by atoms with E-state index in [0.29, 0.717) is 4.90 Å².